The Morgan fingerprint density at radius 3 is 1.44 bits per heavy atom. The Labute approximate surface area is 103 Å². The first-order valence-electron chi connectivity index (χ1n) is 7.17. The summed E-state index contributed by atoms with van der Waals surface area (Å²) >= 11 is 0. The van der Waals surface area contributed by atoms with Crippen molar-refractivity contribution >= 4 is 0 Å². The second kappa shape index (κ2) is 10.1. The summed E-state index contributed by atoms with van der Waals surface area (Å²) in [6, 6.07) is 0. The normalized spacial score (nSPS) is 12.0. The Morgan fingerprint density at radius 2 is 1.12 bits per heavy atom. The zero-order valence-corrected chi connectivity index (χ0v) is 11.8. The predicted octanol–water partition coefficient (Wildman–Crippen LogP) is 4.64. The first-order valence-corrected chi connectivity index (χ1v) is 7.17. The van der Waals surface area contributed by atoms with Crippen molar-refractivity contribution in [2.24, 2.45) is 17.8 Å². The van der Waals surface area contributed by atoms with Crippen molar-refractivity contribution in [1.29, 1.82) is 0 Å². The van der Waals surface area contributed by atoms with Crippen LogP contribution in [0, 0.1) is 17.8 Å². The Balaban J connectivity index is 3.61. The molecule has 0 rings (SSSR count). The second-order valence-electron chi connectivity index (χ2n) is 6.03. The minimum absolute atomic E-state index is 0.369. The van der Waals surface area contributed by atoms with Gasteiger partial charge >= 0.3 is 0 Å². The first kappa shape index (κ1) is 16.0. The van der Waals surface area contributed by atoms with Crippen LogP contribution in [0.25, 0.3) is 0 Å². The van der Waals surface area contributed by atoms with Gasteiger partial charge in [-0.25, -0.2) is 0 Å². The van der Waals surface area contributed by atoms with Gasteiger partial charge in [0.05, 0.1) is 0 Å². The van der Waals surface area contributed by atoms with Crippen molar-refractivity contribution in [3.63, 3.8) is 0 Å². The van der Waals surface area contributed by atoms with Crippen LogP contribution in [-0.2, 0) is 0 Å². The van der Waals surface area contributed by atoms with Gasteiger partial charge in [0.1, 0.15) is 0 Å². The molecule has 0 heterocycles. The number of aliphatic hydroxyl groups excluding tert-OH is 1. The molecule has 0 aromatic carbocycles. The van der Waals surface area contributed by atoms with E-state index < -0.39 is 0 Å². The lowest BCUT2D eigenvalue weighted by molar-refractivity contribution is 0.239. The van der Waals surface area contributed by atoms with Crippen molar-refractivity contribution in [2.45, 2.75) is 72.6 Å². The molecule has 1 nitrogen and oxygen atoms in total. The number of rotatable bonds is 10. The van der Waals surface area contributed by atoms with Gasteiger partial charge in [0.25, 0.3) is 0 Å². The van der Waals surface area contributed by atoms with Gasteiger partial charge in [-0.3, -0.25) is 0 Å². The van der Waals surface area contributed by atoms with Gasteiger partial charge in [-0.15, -0.1) is 0 Å². The van der Waals surface area contributed by atoms with E-state index in [1.807, 2.05) is 0 Å². The monoisotopic (exact) mass is 228 g/mol. The molecule has 98 valence electrons. The van der Waals surface area contributed by atoms with E-state index in [2.05, 4.69) is 27.7 Å². The van der Waals surface area contributed by atoms with Gasteiger partial charge in [-0.1, -0.05) is 66.2 Å². The fraction of sp³-hybridized carbons (Fsp3) is 1.00. The molecular formula is C15H32O. The van der Waals surface area contributed by atoms with Crippen LogP contribution in [0.4, 0.5) is 0 Å². The quantitative estimate of drug-likeness (QED) is 0.577. The van der Waals surface area contributed by atoms with Crippen molar-refractivity contribution in [3.8, 4) is 0 Å². The molecule has 0 saturated heterocycles. The lowest BCUT2D eigenvalue weighted by Gasteiger charge is -2.16. The zero-order chi connectivity index (χ0) is 12.4. The molecule has 0 bridgehead atoms. The zero-order valence-electron chi connectivity index (χ0n) is 11.8. The third-order valence-corrected chi connectivity index (χ3v) is 3.33. The highest BCUT2D eigenvalue weighted by molar-refractivity contribution is 4.61. The van der Waals surface area contributed by atoms with Crippen molar-refractivity contribution < 1.29 is 5.11 Å². The highest BCUT2D eigenvalue weighted by atomic mass is 16.3. The second-order valence-corrected chi connectivity index (χ2v) is 6.03. The maximum atomic E-state index is 9.05. The lowest BCUT2D eigenvalue weighted by atomic mass is 9.90. The molecule has 0 aromatic rings. The van der Waals surface area contributed by atoms with E-state index in [0.29, 0.717) is 6.61 Å². The van der Waals surface area contributed by atoms with E-state index in [-0.39, 0.29) is 0 Å². The SMILES string of the molecule is CC(C)CCCC(CCO)CCCC(C)C. The molecule has 0 aromatic heterocycles. The number of hydrogen-bond acceptors (Lipinski definition) is 1. The highest BCUT2D eigenvalue weighted by Gasteiger charge is 2.09. The molecule has 0 spiro atoms. The van der Waals surface area contributed by atoms with E-state index >= 15 is 0 Å². The summed E-state index contributed by atoms with van der Waals surface area (Å²) in [5.41, 5.74) is 0. The number of hydrogen-bond donors (Lipinski definition) is 1. The van der Waals surface area contributed by atoms with Crippen LogP contribution in [0.5, 0.6) is 0 Å². The molecule has 16 heavy (non-hydrogen) atoms. The van der Waals surface area contributed by atoms with Crippen LogP contribution in [0.1, 0.15) is 72.6 Å². The van der Waals surface area contributed by atoms with Gasteiger partial charge < -0.3 is 5.11 Å². The summed E-state index contributed by atoms with van der Waals surface area (Å²) in [6.07, 6.45) is 9.00. The summed E-state index contributed by atoms with van der Waals surface area (Å²) in [7, 11) is 0. The van der Waals surface area contributed by atoms with E-state index in [9.17, 15) is 0 Å². The fourth-order valence-corrected chi connectivity index (χ4v) is 2.25. The van der Waals surface area contributed by atoms with Crippen molar-refractivity contribution in [2.75, 3.05) is 6.61 Å². The van der Waals surface area contributed by atoms with Crippen LogP contribution < -0.4 is 0 Å². The molecule has 0 atom stereocenters. The van der Waals surface area contributed by atoms with Crippen molar-refractivity contribution in [3.05, 3.63) is 0 Å². The Hall–Kier alpha value is -0.0400. The predicted molar refractivity (Wildman–Crippen MR) is 72.6 cm³/mol. The molecule has 0 fully saturated rings. The molecule has 0 aliphatic carbocycles. The van der Waals surface area contributed by atoms with E-state index in [1.54, 1.807) is 0 Å². The smallest absolute Gasteiger partial charge is 0.0433 e. The third kappa shape index (κ3) is 10.5. The average molecular weight is 228 g/mol. The average Bonchev–Trinajstić information content (AvgIpc) is 2.16. The summed E-state index contributed by atoms with van der Waals surface area (Å²) in [5.74, 6) is 2.42. The summed E-state index contributed by atoms with van der Waals surface area (Å²) in [6.45, 7) is 9.53. The van der Waals surface area contributed by atoms with Crippen LogP contribution in [0.15, 0.2) is 0 Å². The Kier molecular flexibility index (Phi) is 10.1. The molecular weight excluding hydrogens is 196 g/mol. The van der Waals surface area contributed by atoms with E-state index in [4.69, 9.17) is 5.11 Å². The molecule has 1 N–H and O–H groups in total. The van der Waals surface area contributed by atoms with Crippen LogP contribution in [0.3, 0.4) is 0 Å². The molecule has 0 unspecified atom stereocenters. The summed E-state index contributed by atoms with van der Waals surface area (Å²) < 4.78 is 0. The maximum absolute atomic E-state index is 9.05. The van der Waals surface area contributed by atoms with Gasteiger partial charge in [0.2, 0.25) is 0 Å². The summed E-state index contributed by atoms with van der Waals surface area (Å²) in [5, 5.41) is 9.05. The van der Waals surface area contributed by atoms with Crippen LogP contribution in [-0.4, -0.2) is 11.7 Å². The van der Waals surface area contributed by atoms with E-state index in [1.165, 1.54) is 38.5 Å². The lowest BCUT2D eigenvalue weighted by Crippen LogP contribution is -2.05. The molecule has 0 radical (unpaired) electrons. The largest absolute Gasteiger partial charge is 0.396 e. The topological polar surface area (TPSA) is 20.2 Å². The van der Waals surface area contributed by atoms with Gasteiger partial charge in [-0.05, 0) is 24.2 Å². The molecule has 0 amide bonds. The number of aliphatic hydroxyl groups is 1. The minimum Gasteiger partial charge on any atom is -0.396 e. The Morgan fingerprint density at radius 1 is 0.688 bits per heavy atom. The first-order chi connectivity index (χ1) is 7.56. The maximum Gasteiger partial charge on any atom is 0.0433 e. The molecule has 0 saturated carbocycles. The van der Waals surface area contributed by atoms with Crippen molar-refractivity contribution in [1.82, 2.24) is 0 Å². The Bertz CT molecular complexity index is 126. The molecule has 0 aliphatic rings. The van der Waals surface area contributed by atoms with E-state index in [0.717, 1.165) is 24.2 Å². The van der Waals surface area contributed by atoms with Gasteiger partial charge in [0, 0.05) is 6.61 Å². The minimum atomic E-state index is 0.369. The van der Waals surface area contributed by atoms with Crippen LogP contribution >= 0.6 is 0 Å². The fourth-order valence-electron chi connectivity index (χ4n) is 2.25. The summed E-state index contributed by atoms with van der Waals surface area (Å²) in [4.78, 5) is 0. The van der Waals surface area contributed by atoms with Gasteiger partial charge in [0.15, 0.2) is 0 Å². The van der Waals surface area contributed by atoms with Gasteiger partial charge in [-0.2, -0.15) is 0 Å². The third-order valence-electron chi connectivity index (χ3n) is 3.33. The molecule has 0 aliphatic heterocycles. The van der Waals surface area contributed by atoms with Crippen LogP contribution in [0.2, 0.25) is 0 Å². The standard InChI is InChI=1S/C15H32O/c1-13(2)7-5-9-15(11-12-16)10-6-8-14(3)4/h13-16H,5-12H2,1-4H3. The highest BCUT2D eigenvalue weighted by Crippen LogP contribution is 2.22. The molecule has 1 heteroatoms.